The lowest BCUT2D eigenvalue weighted by atomic mass is 10.3. The zero-order valence-corrected chi connectivity index (χ0v) is 12.2. The monoisotopic (exact) mass is 300 g/mol. The minimum absolute atomic E-state index is 0.304. The molecule has 19 heavy (non-hydrogen) atoms. The van der Waals surface area contributed by atoms with Crippen LogP contribution in [0.2, 0.25) is 0 Å². The molecule has 0 bridgehead atoms. The van der Waals surface area contributed by atoms with Gasteiger partial charge < -0.3 is 5.73 Å². The summed E-state index contributed by atoms with van der Waals surface area (Å²) < 4.78 is 28.6. The van der Waals surface area contributed by atoms with Gasteiger partial charge in [-0.3, -0.25) is 4.68 Å². The molecule has 104 valence electrons. The molecule has 2 aromatic rings. The summed E-state index contributed by atoms with van der Waals surface area (Å²) in [5.74, 6) is 0. The van der Waals surface area contributed by atoms with E-state index in [1.165, 1.54) is 11.3 Å². The molecule has 0 aliphatic heterocycles. The highest BCUT2D eigenvalue weighted by Gasteiger charge is 2.16. The molecule has 2 heterocycles. The summed E-state index contributed by atoms with van der Waals surface area (Å²) in [5, 5.41) is 4.03. The molecule has 0 spiro atoms. The van der Waals surface area contributed by atoms with Crippen LogP contribution in [0.4, 0.5) is 0 Å². The molecule has 0 aromatic carbocycles. The summed E-state index contributed by atoms with van der Waals surface area (Å²) in [6.07, 6.45) is 2.29. The molecule has 3 N–H and O–H groups in total. The second-order valence-electron chi connectivity index (χ2n) is 4.02. The summed E-state index contributed by atoms with van der Waals surface area (Å²) in [4.78, 5) is 0.854. The van der Waals surface area contributed by atoms with Gasteiger partial charge in [-0.05, 0) is 18.2 Å². The summed E-state index contributed by atoms with van der Waals surface area (Å²) >= 11 is 1.20. The third kappa shape index (κ3) is 3.41. The van der Waals surface area contributed by atoms with Crippen molar-refractivity contribution >= 4 is 21.4 Å². The topological polar surface area (TPSA) is 90.0 Å². The minimum atomic E-state index is -3.43. The van der Waals surface area contributed by atoms with Crippen LogP contribution in [0.25, 0.3) is 0 Å². The fourth-order valence-electron chi connectivity index (χ4n) is 1.64. The normalized spacial score (nSPS) is 11.9. The zero-order valence-electron chi connectivity index (χ0n) is 10.5. The number of rotatable bonds is 6. The lowest BCUT2D eigenvalue weighted by Crippen LogP contribution is -2.25. The van der Waals surface area contributed by atoms with E-state index in [1.807, 2.05) is 13.1 Å². The number of hydrogen-bond donors (Lipinski definition) is 2. The van der Waals surface area contributed by atoms with Crippen LogP contribution in [0.5, 0.6) is 0 Å². The molecule has 0 saturated carbocycles. The Balaban J connectivity index is 1.96. The molecular formula is C11H16N4O2S2. The van der Waals surface area contributed by atoms with Crippen molar-refractivity contribution in [1.82, 2.24) is 14.5 Å². The van der Waals surface area contributed by atoms with Crippen molar-refractivity contribution in [2.75, 3.05) is 6.54 Å². The first-order chi connectivity index (χ1) is 9.03. The Hall–Kier alpha value is -1.22. The van der Waals surface area contributed by atoms with Crippen LogP contribution in [-0.4, -0.2) is 24.7 Å². The van der Waals surface area contributed by atoms with E-state index in [1.54, 1.807) is 23.0 Å². The fraction of sp³-hybridized carbons (Fsp3) is 0.364. The van der Waals surface area contributed by atoms with Crippen LogP contribution in [0.3, 0.4) is 0 Å². The quantitative estimate of drug-likeness (QED) is 0.811. The summed E-state index contributed by atoms with van der Waals surface area (Å²) in [6.45, 7) is 0.701. The average molecular weight is 300 g/mol. The summed E-state index contributed by atoms with van der Waals surface area (Å²) in [6, 6.07) is 5.19. The standard InChI is InChI=1S/C11H16N4O2S2/c1-15-9(4-6-13-15)5-7-14-19(16,17)11-3-2-10(8-12)18-11/h2-4,6,14H,5,7-8,12H2,1H3. The van der Waals surface area contributed by atoms with Gasteiger partial charge in [-0.15, -0.1) is 11.3 Å². The van der Waals surface area contributed by atoms with Gasteiger partial charge in [-0.25, -0.2) is 13.1 Å². The Morgan fingerprint density at radius 3 is 2.79 bits per heavy atom. The minimum Gasteiger partial charge on any atom is -0.326 e. The lowest BCUT2D eigenvalue weighted by molar-refractivity contribution is 0.582. The van der Waals surface area contributed by atoms with Gasteiger partial charge in [0.25, 0.3) is 0 Å². The highest BCUT2D eigenvalue weighted by Crippen LogP contribution is 2.20. The van der Waals surface area contributed by atoms with Crippen LogP contribution in [0.1, 0.15) is 10.6 Å². The van der Waals surface area contributed by atoms with Crippen LogP contribution >= 0.6 is 11.3 Å². The Kier molecular flexibility index (Phi) is 4.35. The molecule has 0 atom stereocenters. The number of aromatic nitrogens is 2. The van der Waals surface area contributed by atoms with Gasteiger partial charge in [-0.2, -0.15) is 5.10 Å². The molecule has 0 unspecified atom stereocenters. The van der Waals surface area contributed by atoms with Crippen molar-refractivity contribution in [2.45, 2.75) is 17.2 Å². The fourth-order valence-corrected chi connectivity index (χ4v) is 3.95. The number of nitrogens with one attached hydrogen (secondary N) is 1. The number of hydrogen-bond acceptors (Lipinski definition) is 5. The van der Waals surface area contributed by atoms with Crippen molar-refractivity contribution in [3.8, 4) is 0 Å². The third-order valence-electron chi connectivity index (χ3n) is 2.70. The van der Waals surface area contributed by atoms with Gasteiger partial charge in [0.15, 0.2) is 0 Å². The Bertz CT molecular complexity index is 645. The van der Waals surface area contributed by atoms with Crippen molar-refractivity contribution in [3.63, 3.8) is 0 Å². The van der Waals surface area contributed by atoms with Gasteiger partial charge in [-0.1, -0.05) is 0 Å². The molecule has 0 fully saturated rings. The molecule has 6 nitrogen and oxygen atoms in total. The molecule has 2 rings (SSSR count). The molecule has 0 aliphatic rings. The smallest absolute Gasteiger partial charge is 0.250 e. The van der Waals surface area contributed by atoms with E-state index in [-0.39, 0.29) is 0 Å². The van der Waals surface area contributed by atoms with Crippen LogP contribution < -0.4 is 10.5 Å². The van der Waals surface area contributed by atoms with Crippen LogP contribution in [0, 0.1) is 0 Å². The van der Waals surface area contributed by atoms with Crippen molar-refractivity contribution in [2.24, 2.45) is 12.8 Å². The molecule has 0 saturated heterocycles. The summed E-state index contributed by atoms with van der Waals surface area (Å²) in [5.41, 5.74) is 6.46. The maximum Gasteiger partial charge on any atom is 0.250 e. The number of aryl methyl sites for hydroxylation is 1. The van der Waals surface area contributed by atoms with Crippen molar-refractivity contribution in [3.05, 3.63) is 35.0 Å². The van der Waals surface area contributed by atoms with E-state index < -0.39 is 10.0 Å². The largest absolute Gasteiger partial charge is 0.326 e. The van der Waals surface area contributed by atoms with E-state index >= 15 is 0 Å². The highest BCUT2D eigenvalue weighted by molar-refractivity contribution is 7.91. The number of thiophene rings is 1. The lowest BCUT2D eigenvalue weighted by Gasteiger charge is -2.05. The van der Waals surface area contributed by atoms with Gasteiger partial charge >= 0.3 is 0 Å². The Morgan fingerprint density at radius 2 is 2.21 bits per heavy atom. The van der Waals surface area contributed by atoms with Gasteiger partial charge in [0.1, 0.15) is 4.21 Å². The van der Waals surface area contributed by atoms with E-state index in [9.17, 15) is 8.42 Å². The second kappa shape index (κ2) is 5.83. The molecule has 0 amide bonds. The molecule has 0 radical (unpaired) electrons. The molecule has 2 aromatic heterocycles. The Labute approximate surface area is 116 Å². The predicted octanol–water partition coefficient (Wildman–Crippen LogP) is 0.461. The van der Waals surface area contributed by atoms with E-state index in [0.29, 0.717) is 23.7 Å². The van der Waals surface area contributed by atoms with Crippen molar-refractivity contribution in [1.29, 1.82) is 0 Å². The molecular weight excluding hydrogens is 284 g/mol. The van der Waals surface area contributed by atoms with E-state index in [0.717, 1.165) is 10.6 Å². The number of nitrogens with two attached hydrogens (primary N) is 1. The second-order valence-corrected chi connectivity index (χ2v) is 7.18. The maximum atomic E-state index is 12.0. The number of sulfonamides is 1. The van der Waals surface area contributed by atoms with Crippen LogP contribution in [0.15, 0.2) is 28.6 Å². The first-order valence-corrected chi connectivity index (χ1v) is 8.08. The van der Waals surface area contributed by atoms with Gasteiger partial charge in [0, 0.05) is 43.3 Å². The third-order valence-corrected chi connectivity index (χ3v) is 5.76. The highest BCUT2D eigenvalue weighted by atomic mass is 32.2. The predicted molar refractivity (Wildman–Crippen MR) is 74.3 cm³/mol. The average Bonchev–Trinajstić information content (AvgIpc) is 2.99. The van der Waals surface area contributed by atoms with E-state index in [4.69, 9.17) is 5.73 Å². The summed E-state index contributed by atoms with van der Waals surface area (Å²) in [7, 11) is -1.60. The number of nitrogens with zero attached hydrogens (tertiary/aromatic N) is 2. The van der Waals surface area contributed by atoms with Gasteiger partial charge in [0.2, 0.25) is 10.0 Å². The van der Waals surface area contributed by atoms with Gasteiger partial charge in [0.05, 0.1) is 0 Å². The van der Waals surface area contributed by atoms with Crippen LogP contribution in [-0.2, 0) is 30.0 Å². The Morgan fingerprint density at radius 1 is 1.42 bits per heavy atom. The first-order valence-electron chi connectivity index (χ1n) is 5.78. The maximum absolute atomic E-state index is 12.0. The molecule has 0 aliphatic carbocycles. The van der Waals surface area contributed by atoms with Crippen molar-refractivity contribution < 1.29 is 8.42 Å². The molecule has 8 heteroatoms. The van der Waals surface area contributed by atoms with E-state index in [2.05, 4.69) is 9.82 Å². The zero-order chi connectivity index (χ0) is 13.9. The first kappa shape index (κ1) is 14.2. The SMILES string of the molecule is Cn1nccc1CCNS(=O)(=O)c1ccc(CN)s1.